The Morgan fingerprint density at radius 2 is 1.89 bits per heavy atom. The van der Waals surface area contributed by atoms with Crippen LogP contribution in [0, 0.1) is 18.3 Å². The Balaban J connectivity index is 1.54. The molecule has 0 aliphatic carbocycles. The first-order chi connectivity index (χ1) is 17.5. The minimum atomic E-state index is -0.248. The average Bonchev–Trinajstić information content (AvgIpc) is 3.32. The summed E-state index contributed by atoms with van der Waals surface area (Å²) >= 11 is 0. The minimum Gasteiger partial charge on any atom is -0.292 e. The maximum atomic E-state index is 13.5. The second-order valence-electron chi connectivity index (χ2n) is 9.08. The van der Waals surface area contributed by atoms with Gasteiger partial charge in [-0.05, 0) is 61.4 Å². The fourth-order valence-corrected chi connectivity index (χ4v) is 4.62. The summed E-state index contributed by atoms with van der Waals surface area (Å²) in [5.74, 6) is 0.543. The molecule has 0 bridgehead atoms. The summed E-state index contributed by atoms with van der Waals surface area (Å²) in [6.45, 7) is 4.51. The molecule has 0 saturated carbocycles. The number of hydrogen-bond acceptors (Lipinski definition) is 4. The summed E-state index contributed by atoms with van der Waals surface area (Å²) in [6.07, 6.45) is 4.44. The third kappa shape index (κ3) is 4.20. The van der Waals surface area contributed by atoms with Crippen molar-refractivity contribution in [2.24, 2.45) is 0 Å². The average molecular weight is 475 g/mol. The van der Waals surface area contributed by atoms with Crippen molar-refractivity contribution in [1.29, 1.82) is 5.26 Å². The van der Waals surface area contributed by atoms with Gasteiger partial charge in [-0.2, -0.15) is 5.26 Å². The Kier molecular flexibility index (Phi) is 6.22. The molecule has 36 heavy (non-hydrogen) atoms. The van der Waals surface area contributed by atoms with Gasteiger partial charge in [-0.1, -0.05) is 43.2 Å². The van der Waals surface area contributed by atoms with E-state index in [1.807, 2.05) is 49.4 Å². The second kappa shape index (κ2) is 9.63. The molecule has 6 heteroatoms. The van der Waals surface area contributed by atoms with Crippen molar-refractivity contribution in [1.82, 2.24) is 14.1 Å². The number of rotatable bonds is 6. The lowest BCUT2D eigenvalue weighted by Crippen LogP contribution is -2.26. The monoisotopic (exact) mass is 474 g/mol. The molecule has 178 valence electrons. The number of nitriles is 1. The third-order valence-electron chi connectivity index (χ3n) is 6.53. The molecule has 0 saturated heterocycles. The van der Waals surface area contributed by atoms with E-state index >= 15 is 0 Å². The van der Waals surface area contributed by atoms with E-state index < -0.39 is 0 Å². The first-order valence-corrected chi connectivity index (χ1v) is 12.1. The molecule has 5 rings (SSSR count). The van der Waals surface area contributed by atoms with Gasteiger partial charge in [0.1, 0.15) is 5.82 Å². The predicted molar refractivity (Wildman–Crippen MR) is 141 cm³/mol. The fraction of sp³-hybridized carbons (Fsp3) is 0.200. The normalized spacial score (nSPS) is 11.1. The zero-order valence-corrected chi connectivity index (χ0v) is 20.4. The van der Waals surface area contributed by atoms with E-state index in [1.54, 1.807) is 39.6 Å². The second-order valence-corrected chi connectivity index (χ2v) is 9.08. The molecule has 0 aliphatic rings. The summed E-state index contributed by atoms with van der Waals surface area (Å²) in [7, 11) is 0. The number of carbonyl (C=O) groups is 1. The molecule has 0 radical (unpaired) electrons. The standard InChI is InChI=1S/C30H26N4O2/c1-3-4-9-28-32-26-12-10-20(2)16-25(26)30(36)34(28)19-21-11-13-27-22(17-21)14-15-33(27)29(35)24-8-6-5-7-23(24)18-31/h5-8,10-17H,3-4,9,19H2,1-2H3. The molecule has 6 nitrogen and oxygen atoms in total. The Morgan fingerprint density at radius 1 is 1.06 bits per heavy atom. The van der Waals surface area contributed by atoms with Gasteiger partial charge < -0.3 is 0 Å². The number of aryl methyl sites for hydroxylation is 2. The third-order valence-corrected chi connectivity index (χ3v) is 6.53. The van der Waals surface area contributed by atoms with Crippen LogP contribution in [-0.2, 0) is 13.0 Å². The highest BCUT2D eigenvalue weighted by Gasteiger charge is 2.16. The summed E-state index contributed by atoms with van der Waals surface area (Å²) in [6, 6.07) is 22.4. The number of unbranched alkanes of at least 4 members (excludes halogenated alkanes) is 1. The van der Waals surface area contributed by atoms with E-state index in [0.29, 0.717) is 23.1 Å². The van der Waals surface area contributed by atoms with Gasteiger partial charge in [0, 0.05) is 18.0 Å². The zero-order valence-electron chi connectivity index (χ0n) is 20.4. The van der Waals surface area contributed by atoms with Crippen LogP contribution in [0.25, 0.3) is 21.8 Å². The molecule has 0 N–H and O–H groups in total. The Bertz CT molecular complexity index is 1720. The van der Waals surface area contributed by atoms with Crippen LogP contribution >= 0.6 is 0 Å². The minimum absolute atomic E-state index is 0.0317. The van der Waals surface area contributed by atoms with Crippen LogP contribution in [-0.4, -0.2) is 20.0 Å². The van der Waals surface area contributed by atoms with E-state index in [9.17, 15) is 14.9 Å². The van der Waals surface area contributed by atoms with Crippen molar-refractivity contribution in [3.05, 3.63) is 111 Å². The van der Waals surface area contributed by atoms with Gasteiger partial charge in [0.15, 0.2) is 0 Å². The van der Waals surface area contributed by atoms with Gasteiger partial charge in [-0.25, -0.2) is 4.98 Å². The zero-order chi connectivity index (χ0) is 25.2. The quantitative estimate of drug-likeness (QED) is 0.320. The molecule has 0 atom stereocenters. The van der Waals surface area contributed by atoms with Crippen LogP contribution in [0.4, 0.5) is 0 Å². The highest BCUT2D eigenvalue weighted by atomic mass is 16.2. The topological polar surface area (TPSA) is 80.7 Å². The molecule has 5 aromatic rings. The Morgan fingerprint density at radius 3 is 2.69 bits per heavy atom. The van der Waals surface area contributed by atoms with Crippen molar-refractivity contribution in [2.75, 3.05) is 0 Å². The number of carbonyl (C=O) groups excluding carboxylic acids is 1. The Labute approximate surface area is 209 Å². The van der Waals surface area contributed by atoms with E-state index in [1.165, 1.54) is 0 Å². The number of aromatic nitrogens is 3. The van der Waals surface area contributed by atoms with Crippen LogP contribution in [0.15, 0.2) is 77.7 Å². The van der Waals surface area contributed by atoms with Gasteiger partial charge in [0.25, 0.3) is 11.5 Å². The van der Waals surface area contributed by atoms with Crippen LogP contribution < -0.4 is 5.56 Å². The van der Waals surface area contributed by atoms with Crippen molar-refractivity contribution < 1.29 is 4.79 Å². The van der Waals surface area contributed by atoms with Gasteiger partial charge in [-0.15, -0.1) is 0 Å². The number of fused-ring (bicyclic) bond motifs is 2. The maximum absolute atomic E-state index is 13.5. The van der Waals surface area contributed by atoms with Crippen LogP contribution in [0.2, 0.25) is 0 Å². The number of hydrogen-bond donors (Lipinski definition) is 0. The smallest absolute Gasteiger partial charge is 0.263 e. The van der Waals surface area contributed by atoms with Crippen molar-refractivity contribution in [2.45, 2.75) is 39.7 Å². The van der Waals surface area contributed by atoms with Crippen molar-refractivity contribution >= 4 is 27.7 Å². The molecule has 3 aromatic carbocycles. The highest BCUT2D eigenvalue weighted by molar-refractivity contribution is 6.03. The lowest BCUT2D eigenvalue weighted by atomic mass is 10.1. The van der Waals surface area contributed by atoms with Gasteiger partial charge in [0.2, 0.25) is 0 Å². The lowest BCUT2D eigenvalue weighted by molar-refractivity contribution is 0.0964. The van der Waals surface area contributed by atoms with E-state index in [0.717, 1.165) is 52.6 Å². The van der Waals surface area contributed by atoms with E-state index in [4.69, 9.17) is 4.98 Å². The SMILES string of the molecule is CCCCc1nc2ccc(C)cc2c(=O)n1Cc1ccc2c(ccn2C(=O)c2ccccc2C#N)c1. The first kappa shape index (κ1) is 23.3. The van der Waals surface area contributed by atoms with Crippen LogP contribution in [0.5, 0.6) is 0 Å². The molecule has 0 fully saturated rings. The summed E-state index contributed by atoms with van der Waals surface area (Å²) in [4.78, 5) is 31.5. The predicted octanol–water partition coefficient (Wildman–Crippen LogP) is 5.61. The van der Waals surface area contributed by atoms with E-state index in [2.05, 4.69) is 13.0 Å². The molecule has 0 unspecified atom stereocenters. The molecule has 2 aromatic heterocycles. The van der Waals surface area contributed by atoms with Crippen molar-refractivity contribution in [3.63, 3.8) is 0 Å². The van der Waals surface area contributed by atoms with Gasteiger partial charge >= 0.3 is 0 Å². The summed E-state index contributed by atoms with van der Waals surface area (Å²) in [5.41, 5.74) is 4.15. The van der Waals surface area contributed by atoms with E-state index in [-0.39, 0.29) is 11.5 Å². The largest absolute Gasteiger partial charge is 0.292 e. The molecule has 0 amide bonds. The van der Waals surface area contributed by atoms with Crippen LogP contribution in [0.1, 0.15) is 52.6 Å². The van der Waals surface area contributed by atoms with Crippen LogP contribution in [0.3, 0.4) is 0 Å². The molecule has 0 aliphatic heterocycles. The molecule has 2 heterocycles. The van der Waals surface area contributed by atoms with Gasteiger partial charge in [-0.3, -0.25) is 18.7 Å². The molecular weight excluding hydrogens is 448 g/mol. The fourth-order valence-electron chi connectivity index (χ4n) is 4.62. The summed E-state index contributed by atoms with van der Waals surface area (Å²) in [5, 5.41) is 10.9. The Hall–Kier alpha value is -4.50. The number of benzene rings is 3. The number of nitrogens with zero attached hydrogens (tertiary/aromatic N) is 4. The molecular formula is C30H26N4O2. The maximum Gasteiger partial charge on any atom is 0.263 e. The highest BCUT2D eigenvalue weighted by Crippen LogP contribution is 2.21. The lowest BCUT2D eigenvalue weighted by Gasteiger charge is -2.14. The molecule has 0 spiro atoms. The van der Waals surface area contributed by atoms with Crippen molar-refractivity contribution in [3.8, 4) is 6.07 Å². The first-order valence-electron chi connectivity index (χ1n) is 12.1. The van der Waals surface area contributed by atoms with Gasteiger partial charge in [0.05, 0.1) is 40.2 Å². The summed E-state index contributed by atoms with van der Waals surface area (Å²) < 4.78 is 3.35.